The normalized spacial score (nSPS) is 24.1. The number of β-lactam (4-membered cyclic amide) rings is 1. The zero-order valence-electron chi connectivity index (χ0n) is 23.7. The number of aliphatic hydroxyl groups excluding tert-OH is 1. The molecule has 0 radical (unpaired) electrons. The number of aliphatic hydroxyl groups is 1. The van der Waals surface area contributed by atoms with Gasteiger partial charge in [-0.1, -0.05) is 36.0 Å². The molecule has 16 nitrogen and oxygen atoms in total. The van der Waals surface area contributed by atoms with Gasteiger partial charge in [-0.25, -0.2) is 14.3 Å². The maximum atomic E-state index is 13.4. The highest BCUT2D eigenvalue weighted by molar-refractivity contribution is 8.01. The maximum absolute atomic E-state index is 13.4. The first kappa shape index (κ1) is 31.4. The second kappa shape index (κ2) is 12.9. The number of nitrogens with zero attached hydrogens (tertiary/aromatic N) is 5. The van der Waals surface area contributed by atoms with Gasteiger partial charge in [0.2, 0.25) is 5.16 Å². The van der Waals surface area contributed by atoms with Crippen LogP contribution in [0.3, 0.4) is 0 Å². The molecule has 3 aliphatic rings. The van der Waals surface area contributed by atoms with E-state index in [1.165, 1.54) is 52.2 Å². The molecule has 44 heavy (non-hydrogen) atoms. The fourth-order valence-electron chi connectivity index (χ4n) is 4.73. The molecule has 2 amide bonds. The van der Waals surface area contributed by atoms with Crippen LogP contribution in [0.5, 0.6) is 0 Å². The number of carbonyl (C=O) groups is 5. The van der Waals surface area contributed by atoms with Crippen LogP contribution in [0.1, 0.15) is 35.9 Å². The number of thioether (sulfide) groups is 2. The molecule has 0 aliphatic carbocycles. The second-order valence-corrected chi connectivity index (χ2v) is 12.2. The van der Waals surface area contributed by atoms with E-state index in [4.69, 9.17) is 19.9 Å². The van der Waals surface area contributed by atoms with E-state index in [-0.39, 0.29) is 29.2 Å². The smallest absolute Gasteiger partial charge is 0.457 e. The Bertz CT molecular complexity index is 1530. The van der Waals surface area contributed by atoms with Crippen molar-refractivity contribution in [2.45, 2.75) is 54.8 Å². The van der Waals surface area contributed by atoms with Crippen molar-refractivity contribution in [1.82, 2.24) is 30.4 Å². The minimum absolute atomic E-state index is 0.00167. The summed E-state index contributed by atoms with van der Waals surface area (Å²) in [4.78, 5) is 65.2. The van der Waals surface area contributed by atoms with Gasteiger partial charge in [-0.15, -0.1) is 16.9 Å². The Morgan fingerprint density at radius 3 is 2.68 bits per heavy atom. The zero-order chi connectivity index (χ0) is 31.7. The molecule has 18 heteroatoms. The van der Waals surface area contributed by atoms with Crippen LogP contribution in [-0.4, -0.2) is 108 Å². The largest absolute Gasteiger partial charge is 0.509 e. The number of nitrogens with one attached hydrogen (secondary N) is 1. The number of rotatable bonds is 11. The Kier molecular flexibility index (Phi) is 9.23. The Morgan fingerprint density at radius 2 is 2.02 bits per heavy atom. The second-order valence-electron chi connectivity index (χ2n) is 10.2. The average molecular weight is 648 g/mol. The van der Waals surface area contributed by atoms with Crippen LogP contribution in [0.25, 0.3) is 0 Å². The number of esters is 1. The lowest BCUT2D eigenvalue weighted by Gasteiger charge is -2.49. The van der Waals surface area contributed by atoms with E-state index in [2.05, 4.69) is 20.8 Å². The van der Waals surface area contributed by atoms with Crippen LogP contribution in [0, 0.1) is 0 Å². The first-order chi connectivity index (χ1) is 21.0. The van der Waals surface area contributed by atoms with Gasteiger partial charge in [0, 0.05) is 29.7 Å². The van der Waals surface area contributed by atoms with Crippen LogP contribution in [0.4, 0.5) is 4.79 Å². The van der Waals surface area contributed by atoms with Crippen molar-refractivity contribution in [2.24, 2.45) is 12.8 Å². The van der Waals surface area contributed by atoms with Gasteiger partial charge >= 0.3 is 12.1 Å². The lowest BCUT2D eigenvalue weighted by Crippen LogP contribution is -2.71. The molecular formula is C26H29N7O9S2. The maximum Gasteiger partial charge on any atom is 0.509 e. The molecule has 2 fully saturated rings. The van der Waals surface area contributed by atoms with Crippen LogP contribution in [0.15, 0.2) is 40.7 Å². The third-order valence-electron chi connectivity index (χ3n) is 7.11. The van der Waals surface area contributed by atoms with E-state index < -0.39 is 65.5 Å². The molecule has 1 aromatic heterocycles. The number of ketones is 1. The predicted molar refractivity (Wildman–Crippen MR) is 153 cm³/mol. The van der Waals surface area contributed by atoms with Crippen LogP contribution in [-0.2, 0) is 35.6 Å². The molecule has 6 atom stereocenters. The SMILES string of the molecule is CC1OC(=O)OC1COC(=O)C1=C(CSc2nnnn2C)CS[C@H]2C(NC(=O)C(O)c3ccccc3C(=O)[C@H](C)N)C(=O)N12. The van der Waals surface area contributed by atoms with Gasteiger partial charge < -0.3 is 30.4 Å². The summed E-state index contributed by atoms with van der Waals surface area (Å²) in [7, 11) is 1.66. The third kappa shape index (κ3) is 6.15. The number of aryl methyl sites for hydroxylation is 1. The van der Waals surface area contributed by atoms with E-state index in [9.17, 15) is 29.1 Å². The molecule has 1 aromatic carbocycles. The topological polar surface area (TPSA) is 218 Å². The van der Waals surface area contributed by atoms with Crippen molar-refractivity contribution < 1.29 is 43.3 Å². The number of aromatic nitrogens is 4. The van der Waals surface area contributed by atoms with Gasteiger partial charge in [-0.2, -0.15) is 0 Å². The van der Waals surface area contributed by atoms with E-state index in [0.717, 1.165) is 0 Å². The highest BCUT2D eigenvalue weighted by Crippen LogP contribution is 2.42. The molecule has 5 rings (SSSR count). The number of nitrogens with two attached hydrogens (primary N) is 1. The van der Waals surface area contributed by atoms with Gasteiger partial charge in [-0.3, -0.25) is 19.3 Å². The number of benzene rings is 1. The van der Waals surface area contributed by atoms with E-state index in [1.54, 1.807) is 26.1 Å². The number of hydrogen-bond donors (Lipinski definition) is 3. The molecule has 234 valence electrons. The van der Waals surface area contributed by atoms with Crippen molar-refractivity contribution >= 4 is 53.2 Å². The summed E-state index contributed by atoms with van der Waals surface area (Å²) < 4.78 is 16.9. The minimum Gasteiger partial charge on any atom is -0.457 e. The quantitative estimate of drug-likeness (QED) is 0.123. The summed E-state index contributed by atoms with van der Waals surface area (Å²) in [6.45, 7) is 2.79. The molecule has 0 spiro atoms. The number of Topliss-reactive ketones (excluding diaryl/α,β-unsaturated/α-hetero) is 1. The summed E-state index contributed by atoms with van der Waals surface area (Å²) in [5.41, 5.74) is 6.44. The van der Waals surface area contributed by atoms with Crippen LogP contribution in [0.2, 0.25) is 0 Å². The number of amides is 2. The van der Waals surface area contributed by atoms with Crippen molar-refractivity contribution in [3.8, 4) is 0 Å². The third-order valence-corrected chi connectivity index (χ3v) is 9.55. The standard InChI is InChI=1S/C26H29N7O9S2/c1-11(27)19(34)14-6-4-5-7-15(14)20(35)21(36)28-17-22(37)33-18(24(38)40-8-16-12(2)41-26(39)42-16)13(9-43-23(17)33)10-44-25-29-30-31-32(25)3/h4-7,11-12,16-17,20,23,35H,8-10,27H2,1-3H3,(H,28,36)/t11-,12?,16?,17?,20?,23-/m0/s1. The molecule has 0 saturated carbocycles. The van der Waals surface area contributed by atoms with Gasteiger partial charge in [0.15, 0.2) is 18.0 Å². The van der Waals surface area contributed by atoms with Gasteiger partial charge in [-0.05, 0) is 29.8 Å². The van der Waals surface area contributed by atoms with Crippen molar-refractivity contribution in [2.75, 3.05) is 18.1 Å². The van der Waals surface area contributed by atoms with Crippen molar-refractivity contribution in [1.29, 1.82) is 0 Å². The Hall–Kier alpha value is -4.00. The zero-order valence-corrected chi connectivity index (χ0v) is 25.4. The molecule has 3 aliphatic heterocycles. The predicted octanol–water partition coefficient (Wildman–Crippen LogP) is -0.313. The monoisotopic (exact) mass is 647 g/mol. The summed E-state index contributed by atoms with van der Waals surface area (Å²) in [6, 6.07) is 4.13. The average Bonchev–Trinajstić information content (AvgIpc) is 3.57. The molecule has 4 N–H and O–H groups in total. The molecule has 4 unspecified atom stereocenters. The first-order valence-electron chi connectivity index (χ1n) is 13.4. The molecular weight excluding hydrogens is 618 g/mol. The Labute approximate surface area is 259 Å². The van der Waals surface area contributed by atoms with Gasteiger partial charge in [0.05, 0.1) is 6.04 Å². The molecule has 4 heterocycles. The Balaban J connectivity index is 1.33. The first-order valence-corrected chi connectivity index (χ1v) is 15.4. The number of fused-ring (bicyclic) bond motifs is 1. The van der Waals surface area contributed by atoms with Crippen molar-refractivity contribution in [3.05, 3.63) is 46.7 Å². The number of ether oxygens (including phenoxy) is 3. The fraction of sp³-hybridized carbons (Fsp3) is 0.462. The number of cyclic esters (lactones) is 2. The summed E-state index contributed by atoms with van der Waals surface area (Å²) in [6.07, 6.45) is -4.08. The number of tetrazole rings is 1. The lowest BCUT2D eigenvalue weighted by atomic mass is 9.95. The van der Waals surface area contributed by atoms with Gasteiger partial charge in [0.25, 0.3) is 11.8 Å². The van der Waals surface area contributed by atoms with E-state index in [1.807, 2.05) is 0 Å². The number of carbonyl (C=O) groups excluding carboxylic acids is 5. The fourth-order valence-corrected chi connectivity index (χ4v) is 7.06. The van der Waals surface area contributed by atoms with Crippen LogP contribution < -0.4 is 11.1 Å². The molecule has 0 bridgehead atoms. The molecule has 2 aromatic rings. The van der Waals surface area contributed by atoms with Gasteiger partial charge in [0.1, 0.15) is 29.8 Å². The summed E-state index contributed by atoms with van der Waals surface area (Å²) >= 11 is 2.57. The highest BCUT2D eigenvalue weighted by Gasteiger charge is 2.55. The van der Waals surface area contributed by atoms with Crippen molar-refractivity contribution in [3.63, 3.8) is 0 Å². The number of hydrogen-bond acceptors (Lipinski definition) is 15. The minimum atomic E-state index is -1.75. The van der Waals surface area contributed by atoms with E-state index in [0.29, 0.717) is 16.5 Å². The Morgan fingerprint density at radius 1 is 1.27 bits per heavy atom. The molecule has 2 saturated heterocycles. The summed E-state index contributed by atoms with van der Waals surface area (Å²) in [5.74, 6) is -2.21. The lowest BCUT2D eigenvalue weighted by molar-refractivity contribution is -0.154. The highest BCUT2D eigenvalue weighted by atomic mass is 32.2. The van der Waals surface area contributed by atoms with E-state index >= 15 is 0 Å². The summed E-state index contributed by atoms with van der Waals surface area (Å²) in [5, 5.41) is 24.5. The van der Waals surface area contributed by atoms with Crippen LogP contribution >= 0.6 is 23.5 Å².